The Kier molecular flexibility index (Phi) is 3.39. The third-order valence-corrected chi connectivity index (χ3v) is 4.92. The number of benzene rings is 1. The average molecular weight is 336 g/mol. The maximum atomic E-state index is 14.1. The van der Waals surface area contributed by atoms with Crippen molar-refractivity contribution in [2.45, 2.75) is 0 Å². The highest BCUT2D eigenvalue weighted by Crippen LogP contribution is 2.42. The number of rotatable bonds is 2. The number of nitrogen functional groups attached to an aromatic ring is 2. The fraction of sp³-hybridized carbons (Fsp3) is 0. The van der Waals surface area contributed by atoms with Gasteiger partial charge in [-0.25, -0.2) is 9.37 Å². The first-order valence-electron chi connectivity index (χ1n) is 7.26. The summed E-state index contributed by atoms with van der Waals surface area (Å²) >= 11 is 1.52. The Labute approximate surface area is 141 Å². The summed E-state index contributed by atoms with van der Waals surface area (Å²) < 4.78 is 15.0. The molecule has 0 unspecified atom stereocenters. The number of halogens is 1. The van der Waals surface area contributed by atoms with Crippen molar-refractivity contribution in [3.05, 3.63) is 60.1 Å². The van der Waals surface area contributed by atoms with E-state index in [2.05, 4.69) is 9.97 Å². The van der Waals surface area contributed by atoms with Crippen molar-refractivity contribution in [2.24, 2.45) is 0 Å². The summed E-state index contributed by atoms with van der Waals surface area (Å²) in [5.74, 6) is 0.0455. The first-order chi connectivity index (χ1) is 11.6. The van der Waals surface area contributed by atoms with Crippen molar-refractivity contribution in [3.8, 4) is 22.3 Å². The van der Waals surface area contributed by atoms with Gasteiger partial charge in [0, 0.05) is 44.9 Å². The molecule has 0 atom stereocenters. The van der Waals surface area contributed by atoms with Crippen molar-refractivity contribution in [3.63, 3.8) is 0 Å². The average Bonchev–Trinajstić information content (AvgIpc) is 3.03. The Hall–Kier alpha value is -2.99. The Bertz CT molecular complexity index is 1040. The zero-order valence-corrected chi connectivity index (χ0v) is 13.3. The largest absolute Gasteiger partial charge is 0.399 e. The van der Waals surface area contributed by atoms with Crippen LogP contribution in [0.4, 0.5) is 15.9 Å². The summed E-state index contributed by atoms with van der Waals surface area (Å²) in [6.45, 7) is 0. The van der Waals surface area contributed by atoms with Crippen LogP contribution in [-0.4, -0.2) is 9.97 Å². The molecule has 24 heavy (non-hydrogen) atoms. The van der Waals surface area contributed by atoms with E-state index in [9.17, 15) is 4.39 Å². The lowest BCUT2D eigenvalue weighted by Gasteiger charge is -2.07. The maximum Gasteiger partial charge on any atom is 0.149 e. The molecule has 3 heterocycles. The number of nitrogens with zero attached hydrogens (tertiary/aromatic N) is 2. The van der Waals surface area contributed by atoms with Gasteiger partial charge in [-0.2, -0.15) is 0 Å². The number of fused-ring (bicyclic) bond motifs is 1. The molecule has 118 valence electrons. The van der Waals surface area contributed by atoms with Crippen molar-refractivity contribution in [1.29, 1.82) is 0 Å². The second-order valence-corrected chi connectivity index (χ2v) is 6.27. The molecule has 6 heteroatoms. The lowest BCUT2D eigenvalue weighted by atomic mass is 10.0. The van der Waals surface area contributed by atoms with Gasteiger partial charge in [0.05, 0.1) is 6.20 Å². The van der Waals surface area contributed by atoms with Gasteiger partial charge in [-0.3, -0.25) is 4.98 Å². The van der Waals surface area contributed by atoms with E-state index in [1.54, 1.807) is 18.5 Å². The number of pyridine rings is 2. The van der Waals surface area contributed by atoms with Gasteiger partial charge in [-0.1, -0.05) is 12.1 Å². The molecule has 0 spiro atoms. The quantitative estimate of drug-likeness (QED) is 0.534. The van der Waals surface area contributed by atoms with E-state index < -0.39 is 0 Å². The Balaban J connectivity index is 1.99. The van der Waals surface area contributed by atoms with Gasteiger partial charge >= 0.3 is 0 Å². The minimum absolute atomic E-state index is 0.382. The van der Waals surface area contributed by atoms with Gasteiger partial charge in [0.25, 0.3) is 0 Å². The van der Waals surface area contributed by atoms with Crippen LogP contribution >= 0.6 is 11.3 Å². The molecule has 0 fully saturated rings. The van der Waals surface area contributed by atoms with Crippen LogP contribution in [0, 0.1) is 5.82 Å². The molecule has 3 aromatic heterocycles. The molecule has 4 N–H and O–H groups in total. The summed E-state index contributed by atoms with van der Waals surface area (Å²) in [6, 6.07) is 9.21. The molecule has 0 saturated heterocycles. The standard InChI is InChI=1S/C18H13FN4S/c19-15-8-22-6-5-12(15)13-7-23-18(21)16-14(9-24-17(13)16)10-1-3-11(20)4-2-10/h1-9H,20H2,(H2,21,23). The summed E-state index contributed by atoms with van der Waals surface area (Å²) in [6.07, 6.45) is 4.38. The van der Waals surface area contributed by atoms with Crippen molar-refractivity contribution < 1.29 is 4.39 Å². The lowest BCUT2D eigenvalue weighted by molar-refractivity contribution is 0.625. The molecule has 0 radical (unpaired) electrons. The molecule has 0 bridgehead atoms. The minimum Gasteiger partial charge on any atom is -0.399 e. The SMILES string of the molecule is Nc1ccc(-c2csc3c(-c4ccncc4F)cnc(N)c23)cc1. The minimum atomic E-state index is -0.382. The Morgan fingerprint density at radius 2 is 1.71 bits per heavy atom. The molecule has 1 aromatic carbocycles. The van der Waals surface area contributed by atoms with E-state index in [0.29, 0.717) is 22.6 Å². The topological polar surface area (TPSA) is 77.8 Å². The third-order valence-electron chi connectivity index (χ3n) is 3.91. The summed E-state index contributed by atoms with van der Waals surface area (Å²) in [5, 5.41) is 2.84. The van der Waals surface area contributed by atoms with Gasteiger partial charge in [0.2, 0.25) is 0 Å². The van der Waals surface area contributed by atoms with Crippen LogP contribution < -0.4 is 11.5 Å². The molecular weight excluding hydrogens is 323 g/mol. The number of anilines is 2. The highest BCUT2D eigenvalue weighted by Gasteiger charge is 2.16. The van der Waals surface area contributed by atoms with E-state index in [-0.39, 0.29) is 5.82 Å². The molecule has 0 aliphatic heterocycles. The van der Waals surface area contributed by atoms with Gasteiger partial charge in [-0.05, 0) is 29.1 Å². The van der Waals surface area contributed by atoms with E-state index in [1.165, 1.54) is 17.5 Å². The van der Waals surface area contributed by atoms with E-state index >= 15 is 0 Å². The predicted molar refractivity (Wildman–Crippen MR) is 97.1 cm³/mol. The van der Waals surface area contributed by atoms with E-state index in [4.69, 9.17) is 11.5 Å². The molecule has 0 aliphatic carbocycles. The van der Waals surface area contributed by atoms with Gasteiger partial charge in [-0.15, -0.1) is 11.3 Å². The van der Waals surface area contributed by atoms with Gasteiger partial charge in [0.1, 0.15) is 11.6 Å². The fourth-order valence-electron chi connectivity index (χ4n) is 2.73. The van der Waals surface area contributed by atoms with Crippen LogP contribution in [-0.2, 0) is 0 Å². The molecule has 0 saturated carbocycles. The van der Waals surface area contributed by atoms with Crippen LogP contribution in [0.2, 0.25) is 0 Å². The van der Waals surface area contributed by atoms with Crippen LogP contribution in [0.25, 0.3) is 32.3 Å². The zero-order chi connectivity index (χ0) is 16.7. The molecule has 0 amide bonds. The smallest absolute Gasteiger partial charge is 0.149 e. The monoisotopic (exact) mass is 336 g/mol. The van der Waals surface area contributed by atoms with Crippen molar-refractivity contribution in [2.75, 3.05) is 11.5 Å². The highest BCUT2D eigenvalue weighted by molar-refractivity contribution is 7.18. The van der Waals surface area contributed by atoms with Gasteiger partial charge in [0.15, 0.2) is 0 Å². The second kappa shape index (κ2) is 5.58. The predicted octanol–water partition coefficient (Wildman–Crippen LogP) is 4.33. The maximum absolute atomic E-state index is 14.1. The number of aromatic nitrogens is 2. The van der Waals surface area contributed by atoms with Crippen LogP contribution in [0.3, 0.4) is 0 Å². The summed E-state index contributed by atoms with van der Waals surface area (Å²) in [7, 11) is 0. The van der Waals surface area contributed by atoms with Crippen LogP contribution in [0.15, 0.2) is 54.3 Å². The summed E-state index contributed by atoms with van der Waals surface area (Å²) in [5.41, 5.74) is 15.7. The number of thiophene rings is 1. The van der Waals surface area contributed by atoms with Crippen LogP contribution in [0.5, 0.6) is 0 Å². The lowest BCUT2D eigenvalue weighted by Crippen LogP contribution is -1.94. The van der Waals surface area contributed by atoms with E-state index in [1.807, 2.05) is 29.6 Å². The number of nitrogens with two attached hydrogens (primary N) is 2. The van der Waals surface area contributed by atoms with Gasteiger partial charge < -0.3 is 11.5 Å². The van der Waals surface area contributed by atoms with Crippen LogP contribution in [0.1, 0.15) is 0 Å². The Morgan fingerprint density at radius 3 is 2.46 bits per heavy atom. The second-order valence-electron chi connectivity index (χ2n) is 5.39. The molecule has 4 nitrogen and oxygen atoms in total. The Morgan fingerprint density at radius 1 is 0.917 bits per heavy atom. The van der Waals surface area contributed by atoms with Crippen molar-refractivity contribution in [1.82, 2.24) is 9.97 Å². The number of hydrogen-bond donors (Lipinski definition) is 2. The fourth-order valence-corrected chi connectivity index (χ4v) is 3.84. The van der Waals surface area contributed by atoms with E-state index in [0.717, 1.165) is 21.2 Å². The molecule has 4 aromatic rings. The summed E-state index contributed by atoms with van der Waals surface area (Å²) in [4.78, 5) is 8.07. The highest BCUT2D eigenvalue weighted by atomic mass is 32.1. The third kappa shape index (κ3) is 2.28. The normalized spacial score (nSPS) is 11.0. The van der Waals surface area contributed by atoms with Crippen molar-refractivity contribution >= 4 is 32.9 Å². The number of hydrogen-bond acceptors (Lipinski definition) is 5. The molecular formula is C18H13FN4S. The first kappa shape index (κ1) is 14.6. The molecule has 0 aliphatic rings. The first-order valence-corrected chi connectivity index (χ1v) is 8.14. The zero-order valence-electron chi connectivity index (χ0n) is 12.5. The molecule has 4 rings (SSSR count).